The number of rotatable bonds is 7. The van der Waals surface area contributed by atoms with Gasteiger partial charge in [-0.25, -0.2) is 4.68 Å². The lowest BCUT2D eigenvalue weighted by Crippen LogP contribution is -2.39. The third-order valence-corrected chi connectivity index (χ3v) is 5.39. The summed E-state index contributed by atoms with van der Waals surface area (Å²) >= 11 is 0. The Morgan fingerprint density at radius 2 is 1.84 bits per heavy atom. The molecule has 2 amide bonds. The third kappa shape index (κ3) is 4.74. The van der Waals surface area contributed by atoms with Gasteiger partial charge in [-0.3, -0.25) is 9.59 Å². The van der Waals surface area contributed by atoms with Gasteiger partial charge in [0.2, 0.25) is 5.91 Å². The molecule has 0 atom stereocenters. The summed E-state index contributed by atoms with van der Waals surface area (Å²) in [5, 5.41) is 11.4. The molecule has 1 aromatic heterocycles. The first-order chi connectivity index (χ1) is 15.2. The van der Waals surface area contributed by atoms with E-state index in [9.17, 15) is 9.59 Å². The molecule has 0 fully saturated rings. The Kier molecular flexibility index (Phi) is 6.26. The average Bonchev–Trinajstić information content (AvgIpc) is 3.23. The summed E-state index contributed by atoms with van der Waals surface area (Å²) in [6.45, 7) is 2.03. The van der Waals surface area contributed by atoms with E-state index in [-0.39, 0.29) is 11.8 Å². The maximum atomic E-state index is 13.0. The molecule has 0 unspecified atom stereocenters. The van der Waals surface area contributed by atoms with Crippen LogP contribution < -0.4 is 10.1 Å². The molecule has 3 aromatic rings. The molecule has 0 spiro atoms. The number of carbonyl (C=O) groups is 2. The van der Waals surface area contributed by atoms with E-state index in [1.807, 2.05) is 47.1 Å². The van der Waals surface area contributed by atoms with E-state index in [0.29, 0.717) is 50.3 Å². The van der Waals surface area contributed by atoms with E-state index in [1.54, 1.807) is 24.1 Å². The van der Waals surface area contributed by atoms with Gasteiger partial charge in [0.15, 0.2) is 0 Å². The molecule has 1 aliphatic heterocycles. The highest BCUT2D eigenvalue weighted by Gasteiger charge is 2.27. The minimum atomic E-state index is -0.0866. The van der Waals surface area contributed by atoms with Gasteiger partial charge < -0.3 is 15.0 Å². The van der Waals surface area contributed by atoms with Crippen molar-refractivity contribution in [2.45, 2.75) is 32.5 Å². The number of aryl methyl sites for hydroxylation is 1. The maximum Gasteiger partial charge on any atom is 0.258 e. The van der Waals surface area contributed by atoms with Gasteiger partial charge in [0.1, 0.15) is 5.75 Å². The normalized spacial score (nSPS) is 12.9. The molecule has 0 bridgehead atoms. The van der Waals surface area contributed by atoms with Crippen molar-refractivity contribution in [2.75, 3.05) is 13.7 Å². The van der Waals surface area contributed by atoms with Crippen LogP contribution in [0.15, 0.2) is 54.6 Å². The topological polar surface area (TPSA) is 89.3 Å². The van der Waals surface area contributed by atoms with E-state index in [4.69, 9.17) is 4.74 Å². The molecule has 160 valence electrons. The number of hydrogen-bond acceptors (Lipinski definition) is 5. The van der Waals surface area contributed by atoms with Crippen LogP contribution in [-0.4, -0.2) is 45.4 Å². The Morgan fingerprint density at radius 1 is 1.06 bits per heavy atom. The monoisotopic (exact) mass is 419 g/mol. The molecule has 8 heteroatoms. The van der Waals surface area contributed by atoms with Crippen molar-refractivity contribution in [1.29, 1.82) is 0 Å². The highest BCUT2D eigenvalue weighted by Crippen LogP contribution is 2.23. The minimum absolute atomic E-state index is 0.0385. The van der Waals surface area contributed by atoms with Crippen molar-refractivity contribution in [2.24, 2.45) is 0 Å². The Hall–Kier alpha value is -3.68. The fourth-order valence-corrected chi connectivity index (χ4v) is 3.67. The van der Waals surface area contributed by atoms with Crippen LogP contribution in [0.25, 0.3) is 0 Å². The zero-order valence-corrected chi connectivity index (χ0v) is 17.5. The number of methoxy groups -OCH3 is 1. The lowest BCUT2D eigenvalue weighted by molar-refractivity contribution is -0.121. The third-order valence-electron chi connectivity index (χ3n) is 5.39. The molecule has 1 aliphatic rings. The van der Waals surface area contributed by atoms with Gasteiger partial charge >= 0.3 is 0 Å². The van der Waals surface area contributed by atoms with E-state index in [2.05, 4.69) is 15.6 Å². The first-order valence-corrected chi connectivity index (χ1v) is 10.3. The molecule has 0 radical (unpaired) electrons. The lowest BCUT2D eigenvalue weighted by atomic mass is 10.1. The largest absolute Gasteiger partial charge is 0.496 e. The lowest BCUT2D eigenvalue weighted by Gasteiger charge is -2.28. The predicted octanol–water partition coefficient (Wildman–Crippen LogP) is 2.19. The van der Waals surface area contributed by atoms with Crippen molar-refractivity contribution >= 4 is 11.8 Å². The number of amides is 2. The molecule has 8 nitrogen and oxygen atoms in total. The zero-order valence-electron chi connectivity index (χ0n) is 17.5. The number of ether oxygens (including phenoxy) is 1. The molecule has 4 rings (SSSR count). The number of para-hydroxylation sites is 1. The van der Waals surface area contributed by atoms with Crippen LogP contribution in [0.4, 0.5) is 0 Å². The fourth-order valence-electron chi connectivity index (χ4n) is 3.67. The fraction of sp³-hybridized carbons (Fsp3) is 0.304. The SMILES string of the molecule is COc1ccccc1C(=O)N1CCn2nnc(CCC(=O)NCc3ccccc3)c2C1. The van der Waals surface area contributed by atoms with Gasteiger partial charge in [0.25, 0.3) is 5.91 Å². The van der Waals surface area contributed by atoms with Crippen molar-refractivity contribution in [1.82, 2.24) is 25.2 Å². The van der Waals surface area contributed by atoms with Crippen LogP contribution in [0, 0.1) is 0 Å². The molecule has 0 aliphatic carbocycles. The maximum absolute atomic E-state index is 13.0. The highest BCUT2D eigenvalue weighted by molar-refractivity contribution is 5.97. The summed E-state index contributed by atoms with van der Waals surface area (Å²) in [7, 11) is 1.56. The van der Waals surface area contributed by atoms with Crippen LogP contribution in [0.2, 0.25) is 0 Å². The minimum Gasteiger partial charge on any atom is -0.496 e. The Labute approximate surface area is 180 Å². The number of nitrogens with zero attached hydrogens (tertiary/aromatic N) is 4. The summed E-state index contributed by atoms with van der Waals surface area (Å²) < 4.78 is 7.16. The van der Waals surface area contributed by atoms with Crippen LogP contribution >= 0.6 is 0 Å². The van der Waals surface area contributed by atoms with Crippen LogP contribution in [0.3, 0.4) is 0 Å². The van der Waals surface area contributed by atoms with Crippen LogP contribution in [0.5, 0.6) is 5.75 Å². The van der Waals surface area contributed by atoms with Crippen molar-refractivity contribution < 1.29 is 14.3 Å². The summed E-state index contributed by atoms with van der Waals surface area (Å²) in [6.07, 6.45) is 0.797. The van der Waals surface area contributed by atoms with Gasteiger partial charge in [0, 0.05) is 25.9 Å². The molecule has 0 saturated carbocycles. The summed E-state index contributed by atoms with van der Waals surface area (Å²) in [4.78, 5) is 27.1. The Balaban J connectivity index is 1.37. The van der Waals surface area contributed by atoms with Crippen molar-refractivity contribution in [3.8, 4) is 5.75 Å². The second-order valence-corrected chi connectivity index (χ2v) is 7.40. The molecule has 0 saturated heterocycles. The summed E-state index contributed by atoms with van der Waals surface area (Å²) in [5.74, 6) is 0.430. The molecule has 1 N–H and O–H groups in total. The molecular weight excluding hydrogens is 394 g/mol. The van der Waals surface area contributed by atoms with E-state index < -0.39 is 0 Å². The van der Waals surface area contributed by atoms with Gasteiger partial charge in [-0.15, -0.1) is 5.10 Å². The van der Waals surface area contributed by atoms with Crippen molar-refractivity contribution in [3.63, 3.8) is 0 Å². The standard InChI is InChI=1S/C23H25N5O3/c1-31-21-10-6-5-9-18(21)23(30)27-13-14-28-20(16-27)19(25-26-28)11-12-22(29)24-15-17-7-3-2-4-8-17/h2-10H,11-16H2,1H3,(H,24,29). The molecule has 31 heavy (non-hydrogen) atoms. The summed E-state index contributed by atoms with van der Waals surface area (Å²) in [6, 6.07) is 17.0. The highest BCUT2D eigenvalue weighted by atomic mass is 16.5. The van der Waals surface area contributed by atoms with Crippen LogP contribution in [0.1, 0.15) is 33.7 Å². The molecule has 2 aromatic carbocycles. The van der Waals surface area contributed by atoms with Gasteiger partial charge in [-0.05, 0) is 17.7 Å². The second kappa shape index (κ2) is 9.42. The van der Waals surface area contributed by atoms with Crippen molar-refractivity contribution in [3.05, 3.63) is 77.1 Å². The Morgan fingerprint density at radius 3 is 2.65 bits per heavy atom. The van der Waals surface area contributed by atoms with Gasteiger partial charge in [-0.2, -0.15) is 0 Å². The first-order valence-electron chi connectivity index (χ1n) is 10.3. The number of aromatic nitrogens is 3. The van der Waals surface area contributed by atoms with Gasteiger partial charge in [0.05, 0.1) is 37.2 Å². The predicted molar refractivity (Wildman–Crippen MR) is 114 cm³/mol. The molecular formula is C23H25N5O3. The van der Waals surface area contributed by atoms with E-state index in [1.165, 1.54) is 0 Å². The summed E-state index contributed by atoms with van der Waals surface area (Å²) in [5.41, 5.74) is 3.23. The van der Waals surface area contributed by atoms with Gasteiger partial charge in [-0.1, -0.05) is 47.7 Å². The van der Waals surface area contributed by atoms with E-state index >= 15 is 0 Å². The smallest absolute Gasteiger partial charge is 0.258 e. The zero-order chi connectivity index (χ0) is 21.6. The quantitative estimate of drug-likeness (QED) is 0.634. The number of hydrogen-bond donors (Lipinski definition) is 1. The van der Waals surface area contributed by atoms with Crippen LogP contribution in [-0.2, 0) is 30.8 Å². The Bertz CT molecular complexity index is 1060. The number of benzene rings is 2. The average molecular weight is 419 g/mol. The number of fused-ring (bicyclic) bond motifs is 1. The molecule has 2 heterocycles. The number of nitrogens with one attached hydrogen (secondary N) is 1. The van der Waals surface area contributed by atoms with E-state index in [0.717, 1.165) is 17.0 Å². The first kappa shape index (κ1) is 20.6. The second-order valence-electron chi connectivity index (χ2n) is 7.40. The number of carbonyl (C=O) groups excluding carboxylic acids is 2.